The third kappa shape index (κ3) is 1.67. The van der Waals surface area contributed by atoms with E-state index in [1.807, 2.05) is 30.3 Å². The molecule has 1 saturated carbocycles. The van der Waals surface area contributed by atoms with E-state index in [2.05, 4.69) is 4.98 Å². The molecule has 92 valence electrons. The summed E-state index contributed by atoms with van der Waals surface area (Å²) in [5, 5.41) is 10.2. The lowest BCUT2D eigenvalue weighted by molar-refractivity contribution is -0.139. The Labute approximate surface area is 105 Å². The fourth-order valence-corrected chi connectivity index (χ4v) is 2.99. The molecule has 3 heteroatoms. The standard InChI is InChI=1S/C15H15NO2/c17-14(18)10-15(7-3-8-15)12-6-9-16-13-5-2-1-4-11(12)13/h1-2,4-6,9H,3,7-8,10H2,(H,17,18). The van der Waals surface area contributed by atoms with Gasteiger partial charge in [0.2, 0.25) is 0 Å². The number of aliphatic carboxylic acids is 1. The van der Waals surface area contributed by atoms with Crippen LogP contribution in [0, 0.1) is 0 Å². The van der Waals surface area contributed by atoms with Crippen molar-refractivity contribution in [2.24, 2.45) is 0 Å². The topological polar surface area (TPSA) is 50.2 Å². The number of para-hydroxylation sites is 1. The number of fused-ring (bicyclic) bond motifs is 1. The van der Waals surface area contributed by atoms with Gasteiger partial charge in [-0.15, -0.1) is 0 Å². The van der Waals surface area contributed by atoms with Crippen molar-refractivity contribution in [1.29, 1.82) is 0 Å². The van der Waals surface area contributed by atoms with E-state index in [9.17, 15) is 4.79 Å². The maximum absolute atomic E-state index is 11.1. The highest BCUT2D eigenvalue weighted by atomic mass is 16.4. The van der Waals surface area contributed by atoms with E-state index in [1.165, 1.54) is 0 Å². The van der Waals surface area contributed by atoms with Gasteiger partial charge in [-0.3, -0.25) is 9.78 Å². The molecule has 0 atom stereocenters. The number of hydrogen-bond donors (Lipinski definition) is 1. The summed E-state index contributed by atoms with van der Waals surface area (Å²) in [6.45, 7) is 0. The van der Waals surface area contributed by atoms with Crippen LogP contribution in [0.25, 0.3) is 10.9 Å². The number of aromatic nitrogens is 1. The highest BCUT2D eigenvalue weighted by molar-refractivity contribution is 5.84. The van der Waals surface area contributed by atoms with Gasteiger partial charge in [-0.05, 0) is 30.5 Å². The van der Waals surface area contributed by atoms with Gasteiger partial charge in [0.05, 0.1) is 11.9 Å². The van der Waals surface area contributed by atoms with Crippen LogP contribution < -0.4 is 0 Å². The van der Waals surface area contributed by atoms with E-state index >= 15 is 0 Å². The molecule has 3 rings (SSSR count). The summed E-state index contributed by atoms with van der Waals surface area (Å²) >= 11 is 0. The molecule has 1 heterocycles. The lowest BCUT2D eigenvalue weighted by Crippen LogP contribution is -2.36. The van der Waals surface area contributed by atoms with Gasteiger partial charge in [-0.25, -0.2) is 0 Å². The number of carboxylic acid groups (broad SMARTS) is 1. The van der Waals surface area contributed by atoms with Crippen molar-refractivity contribution in [2.45, 2.75) is 31.1 Å². The first-order valence-corrected chi connectivity index (χ1v) is 6.27. The van der Waals surface area contributed by atoms with Gasteiger partial charge >= 0.3 is 5.97 Å². The minimum atomic E-state index is -0.712. The van der Waals surface area contributed by atoms with Crippen LogP contribution in [0.5, 0.6) is 0 Å². The molecule has 0 spiro atoms. The van der Waals surface area contributed by atoms with Gasteiger partial charge in [0.25, 0.3) is 0 Å². The molecule has 3 nitrogen and oxygen atoms in total. The van der Waals surface area contributed by atoms with Crippen molar-refractivity contribution in [1.82, 2.24) is 4.98 Å². The summed E-state index contributed by atoms with van der Waals surface area (Å²) in [5.74, 6) is -0.712. The summed E-state index contributed by atoms with van der Waals surface area (Å²) in [4.78, 5) is 15.4. The SMILES string of the molecule is O=C(O)CC1(c2ccnc3ccccc23)CCC1. The predicted octanol–water partition coefficient (Wildman–Crippen LogP) is 3.13. The van der Waals surface area contributed by atoms with E-state index in [0.717, 1.165) is 35.7 Å². The first kappa shape index (κ1) is 11.2. The Morgan fingerprint density at radius 2 is 2.06 bits per heavy atom. The Morgan fingerprint density at radius 3 is 2.72 bits per heavy atom. The fraction of sp³-hybridized carbons (Fsp3) is 0.333. The monoisotopic (exact) mass is 241 g/mol. The number of rotatable bonds is 3. The molecule has 1 fully saturated rings. The number of benzene rings is 1. The van der Waals surface area contributed by atoms with Crippen LogP contribution in [0.2, 0.25) is 0 Å². The van der Waals surface area contributed by atoms with Gasteiger partial charge < -0.3 is 5.11 Å². The van der Waals surface area contributed by atoms with E-state index < -0.39 is 5.97 Å². The van der Waals surface area contributed by atoms with E-state index in [-0.39, 0.29) is 11.8 Å². The average molecular weight is 241 g/mol. The van der Waals surface area contributed by atoms with E-state index in [0.29, 0.717) is 0 Å². The predicted molar refractivity (Wildman–Crippen MR) is 69.5 cm³/mol. The van der Waals surface area contributed by atoms with Crippen LogP contribution >= 0.6 is 0 Å². The first-order valence-electron chi connectivity index (χ1n) is 6.27. The molecule has 0 aliphatic heterocycles. The largest absolute Gasteiger partial charge is 0.481 e. The summed E-state index contributed by atoms with van der Waals surface area (Å²) in [6.07, 6.45) is 5.06. The van der Waals surface area contributed by atoms with Gasteiger partial charge in [-0.1, -0.05) is 24.6 Å². The average Bonchev–Trinajstić information content (AvgIpc) is 2.33. The van der Waals surface area contributed by atoms with Gasteiger partial charge in [0, 0.05) is 17.0 Å². The highest BCUT2D eigenvalue weighted by Crippen LogP contribution is 2.48. The molecule has 0 radical (unpaired) electrons. The minimum Gasteiger partial charge on any atom is -0.481 e. The number of nitrogens with zero attached hydrogens (tertiary/aromatic N) is 1. The van der Waals surface area contributed by atoms with Crippen LogP contribution in [-0.2, 0) is 10.2 Å². The van der Waals surface area contributed by atoms with E-state index in [1.54, 1.807) is 6.20 Å². The normalized spacial score (nSPS) is 17.3. The summed E-state index contributed by atoms with van der Waals surface area (Å²) in [6, 6.07) is 9.96. The molecule has 18 heavy (non-hydrogen) atoms. The molecule has 0 saturated heterocycles. The molecular formula is C15H15NO2. The second kappa shape index (κ2) is 4.09. The molecule has 1 aliphatic carbocycles. The van der Waals surface area contributed by atoms with Crippen molar-refractivity contribution >= 4 is 16.9 Å². The number of carboxylic acids is 1. The molecule has 2 aromatic rings. The number of hydrogen-bond acceptors (Lipinski definition) is 2. The number of pyridine rings is 1. The fourth-order valence-electron chi connectivity index (χ4n) is 2.99. The van der Waals surface area contributed by atoms with Crippen LogP contribution in [0.15, 0.2) is 36.5 Å². The third-order valence-electron chi connectivity index (χ3n) is 4.02. The Balaban J connectivity index is 2.15. The lowest BCUT2D eigenvalue weighted by Gasteiger charge is -2.42. The summed E-state index contributed by atoms with van der Waals surface area (Å²) in [5.41, 5.74) is 1.93. The maximum atomic E-state index is 11.1. The molecule has 0 bridgehead atoms. The first-order chi connectivity index (χ1) is 8.71. The zero-order valence-electron chi connectivity index (χ0n) is 10.1. The van der Waals surface area contributed by atoms with Crippen LogP contribution in [0.4, 0.5) is 0 Å². The van der Waals surface area contributed by atoms with Crippen molar-refractivity contribution in [3.63, 3.8) is 0 Å². The molecule has 1 aromatic heterocycles. The van der Waals surface area contributed by atoms with Gasteiger partial charge in [0.1, 0.15) is 0 Å². The quantitative estimate of drug-likeness (QED) is 0.898. The molecule has 0 unspecified atom stereocenters. The van der Waals surface area contributed by atoms with Gasteiger partial charge in [-0.2, -0.15) is 0 Å². The van der Waals surface area contributed by atoms with Crippen molar-refractivity contribution in [3.05, 3.63) is 42.1 Å². The Morgan fingerprint density at radius 1 is 1.28 bits per heavy atom. The van der Waals surface area contributed by atoms with Crippen LogP contribution in [-0.4, -0.2) is 16.1 Å². The highest BCUT2D eigenvalue weighted by Gasteiger charge is 2.41. The zero-order chi connectivity index (χ0) is 12.6. The molecule has 1 aliphatic rings. The van der Waals surface area contributed by atoms with Crippen LogP contribution in [0.3, 0.4) is 0 Å². The van der Waals surface area contributed by atoms with E-state index in [4.69, 9.17) is 5.11 Å². The molecule has 0 amide bonds. The molecule has 1 aromatic carbocycles. The Hall–Kier alpha value is -1.90. The summed E-state index contributed by atoms with van der Waals surface area (Å²) in [7, 11) is 0. The third-order valence-corrected chi connectivity index (χ3v) is 4.02. The summed E-state index contributed by atoms with van der Waals surface area (Å²) < 4.78 is 0. The maximum Gasteiger partial charge on any atom is 0.304 e. The van der Waals surface area contributed by atoms with Crippen LogP contribution in [0.1, 0.15) is 31.2 Å². The Bertz CT molecular complexity index is 597. The molecular weight excluding hydrogens is 226 g/mol. The lowest BCUT2D eigenvalue weighted by atomic mass is 9.62. The second-order valence-corrected chi connectivity index (χ2v) is 5.08. The Kier molecular flexibility index (Phi) is 2.54. The second-order valence-electron chi connectivity index (χ2n) is 5.08. The number of carbonyl (C=O) groups is 1. The minimum absolute atomic E-state index is 0.172. The zero-order valence-corrected chi connectivity index (χ0v) is 10.1. The van der Waals surface area contributed by atoms with Crippen molar-refractivity contribution < 1.29 is 9.90 Å². The van der Waals surface area contributed by atoms with Crippen molar-refractivity contribution in [3.8, 4) is 0 Å². The smallest absolute Gasteiger partial charge is 0.304 e. The van der Waals surface area contributed by atoms with Crippen molar-refractivity contribution in [2.75, 3.05) is 0 Å². The molecule has 1 N–H and O–H groups in total. The van der Waals surface area contributed by atoms with Gasteiger partial charge in [0.15, 0.2) is 0 Å².